The summed E-state index contributed by atoms with van der Waals surface area (Å²) in [5.74, 6) is 0.616. The molecule has 0 radical (unpaired) electrons. The zero-order chi connectivity index (χ0) is 15.4. The summed E-state index contributed by atoms with van der Waals surface area (Å²) in [6.07, 6.45) is 4.82. The quantitative estimate of drug-likeness (QED) is 0.868. The average molecular weight is 300 g/mol. The van der Waals surface area contributed by atoms with Gasteiger partial charge in [-0.2, -0.15) is 0 Å². The Morgan fingerprint density at radius 3 is 3.05 bits per heavy atom. The predicted octanol–water partition coefficient (Wildman–Crippen LogP) is 3.44. The van der Waals surface area contributed by atoms with Gasteiger partial charge < -0.3 is 14.1 Å². The fourth-order valence-electron chi connectivity index (χ4n) is 2.85. The van der Waals surface area contributed by atoms with Crippen molar-refractivity contribution in [3.63, 3.8) is 0 Å². The first kappa shape index (κ1) is 14.6. The second-order valence-electron chi connectivity index (χ2n) is 5.32. The summed E-state index contributed by atoms with van der Waals surface area (Å²) in [6.45, 7) is 3.12. The molecule has 0 saturated carbocycles. The number of hydrogen-bond donors (Lipinski definition) is 0. The van der Waals surface area contributed by atoms with E-state index < -0.39 is 0 Å². The highest BCUT2D eigenvalue weighted by atomic mass is 16.6. The number of hydrogen-bond acceptors (Lipinski definition) is 4. The molecular formula is C17H20N2O3. The molecule has 0 aliphatic carbocycles. The van der Waals surface area contributed by atoms with E-state index in [1.165, 1.54) is 0 Å². The molecule has 0 N–H and O–H groups in total. The van der Waals surface area contributed by atoms with Gasteiger partial charge in [0, 0.05) is 18.8 Å². The molecule has 0 bridgehead atoms. The van der Waals surface area contributed by atoms with Gasteiger partial charge in [-0.1, -0.05) is 6.07 Å². The number of furan rings is 1. The lowest BCUT2D eigenvalue weighted by atomic mass is 9.98. The van der Waals surface area contributed by atoms with Crippen molar-refractivity contribution in [3.05, 3.63) is 48.0 Å². The van der Waals surface area contributed by atoms with Gasteiger partial charge >= 0.3 is 0 Å². The topological polar surface area (TPSA) is 55.6 Å². The van der Waals surface area contributed by atoms with Crippen molar-refractivity contribution < 1.29 is 13.9 Å². The number of nitrogens with zero attached hydrogens (tertiary/aromatic N) is 2. The first-order valence-corrected chi connectivity index (χ1v) is 7.74. The van der Waals surface area contributed by atoms with Crippen molar-refractivity contribution in [2.45, 2.75) is 32.2 Å². The summed E-state index contributed by atoms with van der Waals surface area (Å²) in [5, 5.41) is 0. The van der Waals surface area contributed by atoms with E-state index in [0.29, 0.717) is 18.3 Å². The molecule has 1 aliphatic rings. The van der Waals surface area contributed by atoms with Gasteiger partial charge in [-0.05, 0) is 44.4 Å². The Labute approximate surface area is 129 Å². The number of carbonyl (C=O) groups is 1. The van der Waals surface area contributed by atoms with Crippen molar-refractivity contribution in [3.8, 4) is 5.95 Å². The normalized spacial score (nSPS) is 18.2. The second-order valence-corrected chi connectivity index (χ2v) is 5.32. The van der Waals surface area contributed by atoms with E-state index in [-0.39, 0.29) is 11.9 Å². The van der Waals surface area contributed by atoms with Gasteiger partial charge in [0.25, 0.3) is 11.9 Å². The van der Waals surface area contributed by atoms with Gasteiger partial charge in [-0.3, -0.25) is 9.78 Å². The van der Waals surface area contributed by atoms with Gasteiger partial charge in [0.15, 0.2) is 5.76 Å². The first-order valence-electron chi connectivity index (χ1n) is 7.74. The number of carbonyl (C=O) groups excluding carboxylic acids is 1. The fraction of sp³-hybridized carbons (Fsp3) is 0.412. The standard InChI is InChI=1S/C17H20N2O3/c1-2-21-16-10-9-15(22-16)17(20)19-12-6-4-8-14(19)13-7-3-5-11-18-13/h3,5,7,9-11,14H,2,4,6,8,12H2,1H3/t14-/m1/s1. The lowest BCUT2D eigenvalue weighted by Gasteiger charge is -2.34. The van der Waals surface area contributed by atoms with Crippen LogP contribution >= 0.6 is 0 Å². The average Bonchev–Trinajstić information content (AvgIpc) is 3.04. The van der Waals surface area contributed by atoms with Crippen LogP contribution in [-0.2, 0) is 0 Å². The van der Waals surface area contributed by atoms with Crippen LogP contribution in [0.25, 0.3) is 0 Å². The van der Waals surface area contributed by atoms with E-state index in [0.717, 1.165) is 31.5 Å². The van der Waals surface area contributed by atoms with Crippen molar-refractivity contribution >= 4 is 5.91 Å². The van der Waals surface area contributed by atoms with Gasteiger partial charge in [0.05, 0.1) is 18.3 Å². The van der Waals surface area contributed by atoms with E-state index in [4.69, 9.17) is 9.15 Å². The maximum atomic E-state index is 12.7. The summed E-state index contributed by atoms with van der Waals surface area (Å²) >= 11 is 0. The molecule has 5 nitrogen and oxygen atoms in total. The molecule has 0 spiro atoms. The summed E-state index contributed by atoms with van der Waals surface area (Å²) in [6, 6.07) is 9.21. The largest absolute Gasteiger partial charge is 0.465 e. The zero-order valence-electron chi connectivity index (χ0n) is 12.7. The van der Waals surface area contributed by atoms with Crippen molar-refractivity contribution in [1.82, 2.24) is 9.88 Å². The molecule has 1 amide bonds. The van der Waals surface area contributed by atoms with Crippen molar-refractivity contribution in [1.29, 1.82) is 0 Å². The molecule has 22 heavy (non-hydrogen) atoms. The number of piperidine rings is 1. The van der Waals surface area contributed by atoms with Crippen LogP contribution in [0.3, 0.4) is 0 Å². The molecule has 1 atom stereocenters. The summed E-state index contributed by atoms with van der Waals surface area (Å²) < 4.78 is 10.8. The summed E-state index contributed by atoms with van der Waals surface area (Å²) in [4.78, 5) is 19.0. The summed E-state index contributed by atoms with van der Waals surface area (Å²) in [5.41, 5.74) is 0.937. The lowest BCUT2D eigenvalue weighted by molar-refractivity contribution is 0.0566. The van der Waals surface area contributed by atoms with Crippen LogP contribution in [0.5, 0.6) is 5.95 Å². The SMILES string of the molecule is CCOc1ccc(C(=O)N2CCCC[C@@H]2c2ccccn2)o1. The highest BCUT2D eigenvalue weighted by Crippen LogP contribution is 2.31. The fourth-order valence-corrected chi connectivity index (χ4v) is 2.85. The molecule has 3 rings (SSSR count). The number of ether oxygens (including phenoxy) is 1. The number of pyridine rings is 1. The molecule has 0 aromatic carbocycles. The molecule has 5 heteroatoms. The van der Waals surface area contributed by atoms with Crippen LogP contribution in [0.4, 0.5) is 0 Å². The Hall–Kier alpha value is -2.30. The van der Waals surface area contributed by atoms with Crippen LogP contribution in [0.1, 0.15) is 48.5 Å². The minimum Gasteiger partial charge on any atom is -0.465 e. The third-order valence-electron chi connectivity index (χ3n) is 3.87. The van der Waals surface area contributed by atoms with Gasteiger partial charge in [0.1, 0.15) is 0 Å². The molecular weight excluding hydrogens is 280 g/mol. The van der Waals surface area contributed by atoms with Gasteiger partial charge in [0.2, 0.25) is 0 Å². The molecule has 0 unspecified atom stereocenters. The predicted molar refractivity (Wildman–Crippen MR) is 81.7 cm³/mol. The van der Waals surface area contributed by atoms with Crippen molar-refractivity contribution in [2.24, 2.45) is 0 Å². The Balaban J connectivity index is 1.82. The molecule has 1 aliphatic heterocycles. The molecule has 3 heterocycles. The third kappa shape index (κ3) is 2.98. The van der Waals surface area contributed by atoms with Crippen LogP contribution in [-0.4, -0.2) is 28.9 Å². The Morgan fingerprint density at radius 1 is 1.36 bits per heavy atom. The number of likely N-dealkylation sites (tertiary alicyclic amines) is 1. The Kier molecular flexibility index (Phi) is 4.42. The van der Waals surface area contributed by atoms with E-state index >= 15 is 0 Å². The molecule has 2 aromatic rings. The maximum Gasteiger partial charge on any atom is 0.290 e. The third-order valence-corrected chi connectivity index (χ3v) is 3.87. The smallest absolute Gasteiger partial charge is 0.290 e. The maximum absolute atomic E-state index is 12.7. The van der Waals surface area contributed by atoms with Crippen LogP contribution < -0.4 is 4.74 Å². The number of amides is 1. The van der Waals surface area contributed by atoms with Crippen molar-refractivity contribution in [2.75, 3.05) is 13.2 Å². The molecule has 1 fully saturated rings. The van der Waals surface area contributed by atoms with Crippen LogP contribution in [0, 0.1) is 0 Å². The highest BCUT2D eigenvalue weighted by molar-refractivity contribution is 5.92. The molecule has 116 valence electrons. The Morgan fingerprint density at radius 2 is 2.27 bits per heavy atom. The minimum atomic E-state index is -0.0960. The Bertz CT molecular complexity index is 624. The molecule has 1 saturated heterocycles. The van der Waals surface area contributed by atoms with E-state index in [2.05, 4.69) is 4.98 Å². The van der Waals surface area contributed by atoms with Crippen LogP contribution in [0.2, 0.25) is 0 Å². The lowest BCUT2D eigenvalue weighted by Crippen LogP contribution is -2.38. The number of aromatic nitrogens is 1. The van der Waals surface area contributed by atoms with E-state index in [1.807, 2.05) is 30.0 Å². The van der Waals surface area contributed by atoms with E-state index in [1.54, 1.807) is 18.3 Å². The van der Waals surface area contributed by atoms with Crippen LogP contribution in [0.15, 0.2) is 40.9 Å². The minimum absolute atomic E-state index is 0.0168. The van der Waals surface area contributed by atoms with Gasteiger partial charge in [-0.15, -0.1) is 0 Å². The summed E-state index contributed by atoms with van der Waals surface area (Å²) in [7, 11) is 0. The first-order chi connectivity index (χ1) is 10.8. The van der Waals surface area contributed by atoms with Gasteiger partial charge in [-0.25, -0.2) is 0 Å². The number of rotatable bonds is 4. The molecule has 2 aromatic heterocycles. The second kappa shape index (κ2) is 6.64. The monoisotopic (exact) mass is 300 g/mol. The van der Waals surface area contributed by atoms with E-state index in [9.17, 15) is 4.79 Å². The highest BCUT2D eigenvalue weighted by Gasteiger charge is 2.31. The zero-order valence-corrected chi connectivity index (χ0v) is 12.7.